The first-order chi connectivity index (χ1) is 8.40. The molecule has 0 N–H and O–H groups in total. The van der Waals surface area contributed by atoms with Crippen molar-refractivity contribution in [2.75, 3.05) is 5.88 Å². The van der Waals surface area contributed by atoms with Gasteiger partial charge < -0.3 is 0 Å². The fourth-order valence-electron chi connectivity index (χ4n) is 2.49. The second kappa shape index (κ2) is 6.72. The molecule has 0 radical (unpaired) electrons. The summed E-state index contributed by atoms with van der Waals surface area (Å²) in [6.07, 6.45) is 7.68. The fourth-order valence-corrected chi connectivity index (χ4v) is 2.58. The minimum atomic E-state index is 0.618. The van der Waals surface area contributed by atoms with E-state index in [0.29, 0.717) is 5.88 Å². The van der Waals surface area contributed by atoms with E-state index >= 15 is 0 Å². The lowest BCUT2D eigenvalue weighted by Crippen LogP contribution is -2.04. The Labute approximate surface area is 109 Å². The molecule has 0 unspecified atom stereocenters. The van der Waals surface area contributed by atoms with E-state index in [9.17, 15) is 0 Å². The van der Waals surface area contributed by atoms with E-state index in [4.69, 9.17) is 11.6 Å². The van der Waals surface area contributed by atoms with Gasteiger partial charge in [0.2, 0.25) is 0 Å². The predicted molar refractivity (Wildman–Crippen MR) is 74.5 cm³/mol. The Balaban J connectivity index is 2.00. The Morgan fingerprint density at radius 3 is 2.41 bits per heavy atom. The van der Waals surface area contributed by atoms with Crippen LogP contribution in [-0.4, -0.2) is 5.88 Å². The molecule has 0 atom stereocenters. The van der Waals surface area contributed by atoms with E-state index < -0.39 is 0 Å². The van der Waals surface area contributed by atoms with Crippen LogP contribution in [0.25, 0.3) is 0 Å². The average Bonchev–Trinajstić information content (AvgIpc) is 2.41. The third kappa shape index (κ3) is 3.79. The topological polar surface area (TPSA) is 0 Å². The van der Waals surface area contributed by atoms with Crippen LogP contribution in [0, 0.1) is 11.8 Å². The summed E-state index contributed by atoms with van der Waals surface area (Å²) in [4.78, 5) is 0. The van der Waals surface area contributed by atoms with Crippen molar-refractivity contribution >= 4 is 11.6 Å². The van der Waals surface area contributed by atoms with Gasteiger partial charge in [0.15, 0.2) is 0 Å². The zero-order valence-corrected chi connectivity index (χ0v) is 11.0. The number of alkyl halides is 1. The second-order valence-corrected chi connectivity index (χ2v) is 5.08. The maximum absolute atomic E-state index is 5.59. The van der Waals surface area contributed by atoms with Gasteiger partial charge in [-0.3, -0.25) is 0 Å². The molecule has 0 saturated heterocycles. The molecule has 0 heterocycles. The monoisotopic (exact) mass is 246 g/mol. The van der Waals surface area contributed by atoms with Crippen molar-refractivity contribution in [3.8, 4) is 11.8 Å². The summed E-state index contributed by atoms with van der Waals surface area (Å²) in [6.45, 7) is 0. The molecule has 0 amide bonds. The van der Waals surface area contributed by atoms with Crippen LogP contribution >= 0.6 is 11.6 Å². The first-order valence-electron chi connectivity index (χ1n) is 6.55. The molecule has 1 saturated carbocycles. The first-order valence-corrected chi connectivity index (χ1v) is 7.08. The minimum Gasteiger partial charge on any atom is -0.126 e. The Bertz CT molecular complexity index is 388. The van der Waals surface area contributed by atoms with E-state index in [-0.39, 0.29) is 0 Å². The highest BCUT2D eigenvalue weighted by Crippen LogP contribution is 2.32. The molecule has 2 rings (SSSR count). The molecule has 1 aliphatic carbocycles. The lowest BCUT2D eigenvalue weighted by molar-refractivity contribution is 0.443. The van der Waals surface area contributed by atoms with Crippen molar-refractivity contribution < 1.29 is 0 Å². The van der Waals surface area contributed by atoms with Crippen LogP contribution in [-0.2, 0) is 0 Å². The molecule has 0 bridgehead atoms. The summed E-state index contributed by atoms with van der Waals surface area (Å²) < 4.78 is 0. The van der Waals surface area contributed by atoms with Gasteiger partial charge in [0.25, 0.3) is 0 Å². The Kier molecular flexibility index (Phi) is 4.95. The van der Waals surface area contributed by atoms with Crippen LogP contribution in [0.5, 0.6) is 0 Å². The number of rotatable bonds is 2. The maximum Gasteiger partial charge on any atom is 0.0333 e. The number of hydrogen-bond donors (Lipinski definition) is 0. The summed E-state index contributed by atoms with van der Waals surface area (Å²) in [5.74, 6) is 7.61. The molecule has 1 aromatic carbocycles. The summed E-state index contributed by atoms with van der Waals surface area (Å²) in [5.41, 5.74) is 2.60. The molecule has 1 aromatic rings. The molecule has 1 fully saturated rings. The molecule has 0 nitrogen and oxygen atoms in total. The van der Waals surface area contributed by atoms with Crippen LogP contribution in [0.3, 0.4) is 0 Å². The van der Waals surface area contributed by atoms with Gasteiger partial charge in [-0.25, -0.2) is 0 Å². The van der Waals surface area contributed by atoms with E-state index in [1.807, 2.05) is 0 Å². The van der Waals surface area contributed by atoms with E-state index in [1.54, 1.807) is 0 Å². The van der Waals surface area contributed by atoms with Gasteiger partial charge in [-0.15, -0.1) is 11.6 Å². The lowest BCUT2D eigenvalue weighted by Gasteiger charge is -2.21. The second-order valence-electron chi connectivity index (χ2n) is 4.70. The third-order valence-electron chi connectivity index (χ3n) is 3.44. The summed E-state index contributed by atoms with van der Waals surface area (Å²) in [7, 11) is 0. The smallest absolute Gasteiger partial charge is 0.0333 e. The number of hydrogen-bond acceptors (Lipinski definition) is 0. The SMILES string of the molecule is ClCCC#Cc1ccc(C2CCCCC2)cc1. The fraction of sp³-hybridized carbons (Fsp3) is 0.500. The molecule has 17 heavy (non-hydrogen) atoms. The van der Waals surface area contributed by atoms with Crippen LogP contribution in [0.4, 0.5) is 0 Å². The summed E-state index contributed by atoms with van der Waals surface area (Å²) >= 11 is 5.59. The number of benzene rings is 1. The summed E-state index contributed by atoms with van der Waals surface area (Å²) in [6, 6.07) is 8.79. The van der Waals surface area contributed by atoms with Crippen molar-refractivity contribution in [2.45, 2.75) is 44.4 Å². The Morgan fingerprint density at radius 2 is 1.76 bits per heavy atom. The highest BCUT2D eigenvalue weighted by molar-refractivity contribution is 6.18. The van der Waals surface area contributed by atoms with Gasteiger partial charge in [0.1, 0.15) is 0 Å². The van der Waals surface area contributed by atoms with Gasteiger partial charge in [-0.1, -0.05) is 43.2 Å². The van der Waals surface area contributed by atoms with Crippen molar-refractivity contribution in [1.29, 1.82) is 0 Å². The van der Waals surface area contributed by atoms with Crippen LogP contribution in [0.1, 0.15) is 55.6 Å². The van der Waals surface area contributed by atoms with Crippen LogP contribution in [0.2, 0.25) is 0 Å². The molecule has 90 valence electrons. The Morgan fingerprint density at radius 1 is 1.06 bits per heavy atom. The standard InChI is InChI=1S/C16H19Cl/c17-13-5-4-6-14-9-11-16(12-10-14)15-7-2-1-3-8-15/h9-12,15H,1-3,5,7-8,13H2. The first kappa shape index (κ1) is 12.5. The zero-order valence-electron chi connectivity index (χ0n) is 10.2. The van der Waals surface area contributed by atoms with E-state index in [1.165, 1.54) is 37.7 Å². The molecular formula is C16H19Cl. The normalized spacial score (nSPS) is 16.3. The highest BCUT2D eigenvalue weighted by Gasteiger charge is 2.14. The van der Waals surface area contributed by atoms with Crippen molar-refractivity contribution in [3.63, 3.8) is 0 Å². The average molecular weight is 247 g/mol. The molecule has 0 spiro atoms. The lowest BCUT2D eigenvalue weighted by atomic mass is 9.84. The molecule has 1 aliphatic rings. The molecule has 0 aromatic heterocycles. The van der Waals surface area contributed by atoms with Gasteiger partial charge in [-0.2, -0.15) is 0 Å². The van der Waals surface area contributed by atoms with Gasteiger partial charge in [0, 0.05) is 17.9 Å². The third-order valence-corrected chi connectivity index (χ3v) is 3.63. The quantitative estimate of drug-likeness (QED) is 0.524. The number of halogens is 1. The van der Waals surface area contributed by atoms with Gasteiger partial charge in [0.05, 0.1) is 0 Å². The van der Waals surface area contributed by atoms with Crippen LogP contribution in [0.15, 0.2) is 24.3 Å². The maximum atomic E-state index is 5.59. The molecule has 1 heteroatoms. The van der Waals surface area contributed by atoms with Crippen LogP contribution < -0.4 is 0 Å². The minimum absolute atomic E-state index is 0.618. The molecule has 0 aliphatic heterocycles. The van der Waals surface area contributed by atoms with Gasteiger partial charge >= 0.3 is 0 Å². The molecular weight excluding hydrogens is 228 g/mol. The predicted octanol–water partition coefficient (Wildman–Crippen LogP) is 4.71. The highest BCUT2D eigenvalue weighted by atomic mass is 35.5. The van der Waals surface area contributed by atoms with Crippen molar-refractivity contribution in [2.24, 2.45) is 0 Å². The van der Waals surface area contributed by atoms with Crippen molar-refractivity contribution in [3.05, 3.63) is 35.4 Å². The van der Waals surface area contributed by atoms with E-state index in [2.05, 4.69) is 36.1 Å². The van der Waals surface area contributed by atoms with Gasteiger partial charge in [-0.05, 0) is 36.5 Å². The summed E-state index contributed by atoms with van der Waals surface area (Å²) in [5, 5.41) is 0. The Hall–Kier alpha value is -0.930. The zero-order chi connectivity index (χ0) is 11.9. The largest absolute Gasteiger partial charge is 0.126 e. The van der Waals surface area contributed by atoms with E-state index in [0.717, 1.165) is 17.9 Å². The van der Waals surface area contributed by atoms with Crippen molar-refractivity contribution in [1.82, 2.24) is 0 Å².